The van der Waals surface area contributed by atoms with E-state index >= 15 is 0 Å². The molecular weight excluding hydrogens is 240 g/mol. The van der Waals surface area contributed by atoms with Crippen molar-refractivity contribution in [1.82, 2.24) is 10.2 Å². The van der Waals surface area contributed by atoms with E-state index in [1.165, 1.54) is 0 Å². The Labute approximate surface area is 103 Å². The second-order valence-corrected chi connectivity index (χ2v) is 7.41. The molecule has 5 nitrogen and oxygen atoms in total. The van der Waals surface area contributed by atoms with Crippen molar-refractivity contribution in [3.8, 4) is 0 Å². The van der Waals surface area contributed by atoms with Crippen LogP contribution in [-0.4, -0.2) is 55.4 Å². The molecule has 0 bridgehead atoms. The first-order valence-electron chi connectivity index (χ1n) is 6.00. The van der Waals surface area contributed by atoms with Crippen LogP contribution in [0.3, 0.4) is 0 Å². The van der Waals surface area contributed by atoms with Gasteiger partial charge in [0.25, 0.3) is 0 Å². The highest BCUT2D eigenvalue weighted by molar-refractivity contribution is 7.92. The van der Waals surface area contributed by atoms with Crippen molar-refractivity contribution in [1.29, 1.82) is 0 Å². The van der Waals surface area contributed by atoms with Crippen LogP contribution in [0.5, 0.6) is 0 Å². The van der Waals surface area contributed by atoms with Crippen LogP contribution in [-0.2, 0) is 14.6 Å². The van der Waals surface area contributed by atoms with Crippen LogP contribution in [0.25, 0.3) is 0 Å². The maximum atomic E-state index is 11.9. The Balaban J connectivity index is 2.81. The number of carbonyl (C=O) groups excluding carboxylic acids is 1. The van der Waals surface area contributed by atoms with Crippen molar-refractivity contribution in [2.75, 3.05) is 18.8 Å². The Morgan fingerprint density at radius 2 is 1.88 bits per heavy atom. The predicted octanol–water partition coefficient (Wildman–Crippen LogP) is 0.0184. The van der Waals surface area contributed by atoms with E-state index in [0.717, 1.165) is 0 Å². The maximum absolute atomic E-state index is 11.9. The average molecular weight is 262 g/mol. The van der Waals surface area contributed by atoms with Gasteiger partial charge in [0.05, 0.1) is 5.75 Å². The van der Waals surface area contributed by atoms with Crippen LogP contribution in [0.1, 0.15) is 27.7 Å². The van der Waals surface area contributed by atoms with Crippen molar-refractivity contribution < 1.29 is 13.2 Å². The fourth-order valence-corrected chi connectivity index (χ4v) is 3.48. The molecule has 1 atom stereocenters. The molecule has 1 aliphatic rings. The van der Waals surface area contributed by atoms with Gasteiger partial charge in [-0.2, -0.15) is 0 Å². The molecular formula is C11H22N2O3S. The Morgan fingerprint density at radius 1 is 1.29 bits per heavy atom. The van der Waals surface area contributed by atoms with Crippen molar-refractivity contribution in [3.05, 3.63) is 0 Å². The number of rotatable bonds is 3. The summed E-state index contributed by atoms with van der Waals surface area (Å²) in [5.74, 6) is -0.299. The van der Waals surface area contributed by atoms with Crippen LogP contribution < -0.4 is 5.32 Å². The van der Waals surface area contributed by atoms with Gasteiger partial charge in [0.1, 0.15) is 0 Å². The summed E-state index contributed by atoms with van der Waals surface area (Å²) in [5.41, 5.74) is 0. The summed E-state index contributed by atoms with van der Waals surface area (Å²) in [5, 5.41) is 1.77. The van der Waals surface area contributed by atoms with Crippen molar-refractivity contribution >= 4 is 15.7 Å². The van der Waals surface area contributed by atoms with Crippen molar-refractivity contribution in [2.45, 2.75) is 45.0 Å². The average Bonchev–Trinajstić information content (AvgIpc) is 2.15. The largest absolute Gasteiger partial charge is 0.353 e. The SMILES string of the molecule is CC(C)NC(=O)C1CN(C(C)C)CCS1(=O)=O. The fraction of sp³-hybridized carbons (Fsp3) is 0.909. The van der Waals surface area contributed by atoms with E-state index in [4.69, 9.17) is 0 Å². The molecule has 0 saturated carbocycles. The molecule has 17 heavy (non-hydrogen) atoms. The van der Waals surface area contributed by atoms with Gasteiger partial charge in [-0.1, -0.05) is 0 Å². The monoisotopic (exact) mass is 262 g/mol. The lowest BCUT2D eigenvalue weighted by Gasteiger charge is -2.34. The molecule has 6 heteroatoms. The smallest absolute Gasteiger partial charge is 0.239 e. The van der Waals surface area contributed by atoms with Gasteiger partial charge in [-0.3, -0.25) is 9.69 Å². The van der Waals surface area contributed by atoms with E-state index in [2.05, 4.69) is 5.32 Å². The first kappa shape index (κ1) is 14.4. The van der Waals surface area contributed by atoms with Gasteiger partial charge < -0.3 is 5.32 Å². The molecule has 1 N–H and O–H groups in total. The van der Waals surface area contributed by atoms with Gasteiger partial charge in [-0.05, 0) is 27.7 Å². The number of sulfone groups is 1. The van der Waals surface area contributed by atoms with E-state index in [0.29, 0.717) is 13.1 Å². The van der Waals surface area contributed by atoms with E-state index in [1.54, 1.807) is 0 Å². The predicted molar refractivity (Wildman–Crippen MR) is 67.6 cm³/mol. The summed E-state index contributed by atoms with van der Waals surface area (Å²) in [6.07, 6.45) is 0. The number of amides is 1. The van der Waals surface area contributed by atoms with Gasteiger partial charge in [0.2, 0.25) is 5.91 Å². The molecule has 0 radical (unpaired) electrons. The summed E-state index contributed by atoms with van der Waals surface area (Å²) < 4.78 is 23.8. The molecule has 0 aromatic carbocycles. The lowest BCUT2D eigenvalue weighted by atomic mass is 10.2. The number of nitrogens with one attached hydrogen (secondary N) is 1. The number of nitrogens with zero attached hydrogens (tertiary/aromatic N) is 1. The molecule has 1 saturated heterocycles. The number of hydrogen-bond donors (Lipinski definition) is 1. The number of carbonyl (C=O) groups is 1. The molecule has 1 heterocycles. The van der Waals surface area contributed by atoms with E-state index in [9.17, 15) is 13.2 Å². The minimum Gasteiger partial charge on any atom is -0.353 e. The summed E-state index contributed by atoms with van der Waals surface area (Å²) in [6, 6.07) is 0.229. The Bertz CT molecular complexity index is 376. The first-order chi connectivity index (χ1) is 7.74. The van der Waals surface area contributed by atoms with E-state index < -0.39 is 15.1 Å². The lowest BCUT2D eigenvalue weighted by Crippen LogP contribution is -2.55. The molecule has 1 unspecified atom stereocenters. The summed E-state index contributed by atoms with van der Waals surface area (Å²) >= 11 is 0. The molecule has 1 amide bonds. The van der Waals surface area contributed by atoms with Crippen molar-refractivity contribution in [3.63, 3.8) is 0 Å². The van der Waals surface area contributed by atoms with Gasteiger partial charge in [0.15, 0.2) is 15.1 Å². The zero-order valence-electron chi connectivity index (χ0n) is 10.9. The zero-order valence-corrected chi connectivity index (χ0v) is 11.8. The highest BCUT2D eigenvalue weighted by atomic mass is 32.2. The Kier molecular flexibility index (Phi) is 4.55. The van der Waals surface area contributed by atoms with Crippen LogP contribution in [0.15, 0.2) is 0 Å². The minimum absolute atomic E-state index is 0.0351. The topological polar surface area (TPSA) is 66.5 Å². The maximum Gasteiger partial charge on any atom is 0.239 e. The summed E-state index contributed by atoms with van der Waals surface area (Å²) in [7, 11) is -3.29. The van der Waals surface area contributed by atoms with Crippen molar-refractivity contribution in [2.24, 2.45) is 0 Å². The third kappa shape index (κ3) is 3.67. The standard InChI is InChI=1S/C11H22N2O3S/c1-8(2)12-11(14)10-7-13(9(3)4)5-6-17(10,15)16/h8-10H,5-7H2,1-4H3,(H,12,14). The summed E-state index contributed by atoms with van der Waals surface area (Å²) in [4.78, 5) is 13.9. The van der Waals surface area contributed by atoms with Crippen LogP contribution >= 0.6 is 0 Å². The Morgan fingerprint density at radius 3 is 2.35 bits per heavy atom. The van der Waals surface area contributed by atoms with Gasteiger partial charge in [-0.25, -0.2) is 8.42 Å². The molecule has 1 fully saturated rings. The molecule has 0 aromatic rings. The third-order valence-electron chi connectivity index (χ3n) is 2.95. The molecule has 0 aliphatic carbocycles. The van der Waals surface area contributed by atoms with Crippen LogP contribution in [0.2, 0.25) is 0 Å². The summed E-state index contributed by atoms with van der Waals surface area (Å²) in [6.45, 7) is 8.50. The fourth-order valence-electron chi connectivity index (χ4n) is 1.90. The van der Waals surface area contributed by atoms with E-state index in [-0.39, 0.29) is 23.7 Å². The zero-order chi connectivity index (χ0) is 13.2. The second-order valence-electron chi connectivity index (χ2n) is 5.11. The molecule has 1 rings (SSSR count). The van der Waals surface area contributed by atoms with Crippen LogP contribution in [0, 0.1) is 0 Å². The second kappa shape index (κ2) is 5.35. The third-order valence-corrected chi connectivity index (χ3v) is 4.93. The van der Waals surface area contributed by atoms with Crippen LogP contribution in [0.4, 0.5) is 0 Å². The molecule has 0 aromatic heterocycles. The first-order valence-corrected chi connectivity index (χ1v) is 7.71. The lowest BCUT2D eigenvalue weighted by molar-refractivity contribution is -0.121. The Hall–Kier alpha value is -0.620. The van der Waals surface area contributed by atoms with Gasteiger partial charge >= 0.3 is 0 Å². The molecule has 1 aliphatic heterocycles. The normalized spacial score (nSPS) is 25.2. The van der Waals surface area contributed by atoms with Gasteiger partial charge in [-0.15, -0.1) is 0 Å². The molecule has 0 spiro atoms. The minimum atomic E-state index is -3.29. The highest BCUT2D eigenvalue weighted by Crippen LogP contribution is 2.15. The quantitative estimate of drug-likeness (QED) is 0.778. The molecule has 100 valence electrons. The van der Waals surface area contributed by atoms with E-state index in [1.807, 2.05) is 32.6 Å². The number of hydrogen-bond acceptors (Lipinski definition) is 4. The van der Waals surface area contributed by atoms with Gasteiger partial charge in [0, 0.05) is 25.2 Å². The highest BCUT2D eigenvalue weighted by Gasteiger charge is 2.38.